The molecule has 0 aliphatic heterocycles. The van der Waals surface area contributed by atoms with Crippen LogP contribution in [0.15, 0.2) is 28.9 Å². The standard InChI is InChI=1S/C14H12BrClN2O2/c1-3-20-14(19)10-7-17-13(18-8(10)2)9-4-5-12(16)11(15)6-9/h4-7H,3H2,1-2H3. The van der Waals surface area contributed by atoms with E-state index in [1.807, 2.05) is 12.1 Å². The number of nitrogens with zero attached hydrogens (tertiary/aromatic N) is 2. The van der Waals surface area contributed by atoms with Crippen molar-refractivity contribution in [2.45, 2.75) is 13.8 Å². The third-order valence-electron chi connectivity index (χ3n) is 2.65. The highest BCUT2D eigenvalue weighted by molar-refractivity contribution is 9.10. The van der Waals surface area contributed by atoms with Crippen LogP contribution in [-0.4, -0.2) is 22.5 Å². The Morgan fingerprint density at radius 1 is 1.45 bits per heavy atom. The van der Waals surface area contributed by atoms with Crippen molar-refractivity contribution < 1.29 is 9.53 Å². The lowest BCUT2D eigenvalue weighted by Gasteiger charge is -2.07. The summed E-state index contributed by atoms with van der Waals surface area (Å²) in [5, 5.41) is 0.619. The Morgan fingerprint density at radius 3 is 2.80 bits per heavy atom. The molecule has 0 amide bonds. The molecule has 0 N–H and O–H groups in total. The highest BCUT2D eigenvalue weighted by atomic mass is 79.9. The predicted octanol–water partition coefficient (Wildman–Crippen LogP) is 4.04. The predicted molar refractivity (Wildman–Crippen MR) is 80.9 cm³/mol. The quantitative estimate of drug-likeness (QED) is 0.780. The van der Waals surface area contributed by atoms with E-state index in [-0.39, 0.29) is 0 Å². The zero-order valence-corrected chi connectivity index (χ0v) is 13.3. The second kappa shape index (κ2) is 6.33. The number of hydrogen-bond acceptors (Lipinski definition) is 4. The second-order valence-electron chi connectivity index (χ2n) is 4.04. The largest absolute Gasteiger partial charge is 0.462 e. The minimum atomic E-state index is -0.408. The number of esters is 1. The van der Waals surface area contributed by atoms with Gasteiger partial charge in [0.2, 0.25) is 0 Å². The summed E-state index contributed by atoms with van der Waals surface area (Å²) < 4.78 is 5.72. The number of ether oxygens (including phenoxy) is 1. The van der Waals surface area contributed by atoms with Crippen molar-refractivity contribution in [3.8, 4) is 11.4 Å². The van der Waals surface area contributed by atoms with Gasteiger partial charge in [0.25, 0.3) is 0 Å². The minimum absolute atomic E-state index is 0.324. The molecule has 2 rings (SSSR count). The maximum Gasteiger partial charge on any atom is 0.341 e. The smallest absolute Gasteiger partial charge is 0.341 e. The average Bonchev–Trinajstić information content (AvgIpc) is 2.42. The van der Waals surface area contributed by atoms with E-state index in [0.29, 0.717) is 28.7 Å². The third-order valence-corrected chi connectivity index (χ3v) is 3.87. The number of carbonyl (C=O) groups excluding carboxylic acids is 1. The fraction of sp³-hybridized carbons (Fsp3) is 0.214. The molecule has 104 valence electrons. The van der Waals surface area contributed by atoms with E-state index in [4.69, 9.17) is 16.3 Å². The fourth-order valence-electron chi connectivity index (χ4n) is 1.65. The normalized spacial score (nSPS) is 10.4. The summed E-state index contributed by atoms with van der Waals surface area (Å²) in [6.07, 6.45) is 1.48. The number of benzene rings is 1. The zero-order chi connectivity index (χ0) is 14.7. The van der Waals surface area contributed by atoms with E-state index >= 15 is 0 Å². The van der Waals surface area contributed by atoms with Crippen molar-refractivity contribution in [2.75, 3.05) is 6.61 Å². The Morgan fingerprint density at radius 2 is 2.20 bits per heavy atom. The maximum absolute atomic E-state index is 11.7. The van der Waals surface area contributed by atoms with Gasteiger partial charge in [-0.1, -0.05) is 11.6 Å². The lowest BCUT2D eigenvalue weighted by Crippen LogP contribution is -2.09. The van der Waals surface area contributed by atoms with E-state index in [2.05, 4.69) is 25.9 Å². The number of aryl methyl sites for hydroxylation is 1. The highest BCUT2D eigenvalue weighted by Gasteiger charge is 2.13. The van der Waals surface area contributed by atoms with Crippen LogP contribution in [0.25, 0.3) is 11.4 Å². The van der Waals surface area contributed by atoms with Gasteiger partial charge >= 0.3 is 5.97 Å². The number of carbonyl (C=O) groups is 1. The highest BCUT2D eigenvalue weighted by Crippen LogP contribution is 2.27. The molecule has 1 aromatic carbocycles. The van der Waals surface area contributed by atoms with E-state index in [1.165, 1.54) is 6.20 Å². The molecule has 1 heterocycles. The van der Waals surface area contributed by atoms with E-state index in [0.717, 1.165) is 10.0 Å². The van der Waals surface area contributed by atoms with Crippen LogP contribution >= 0.6 is 27.5 Å². The van der Waals surface area contributed by atoms with Crippen LogP contribution < -0.4 is 0 Å². The van der Waals surface area contributed by atoms with Crippen molar-refractivity contribution in [1.29, 1.82) is 0 Å². The lowest BCUT2D eigenvalue weighted by molar-refractivity contribution is 0.0524. The molecule has 0 aliphatic rings. The van der Waals surface area contributed by atoms with Gasteiger partial charge in [-0.25, -0.2) is 14.8 Å². The number of rotatable bonds is 3. The van der Waals surface area contributed by atoms with Crippen LogP contribution in [0, 0.1) is 6.92 Å². The van der Waals surface area contributed by atoms with Crippen LogP contribution in [-0.2, 0) is 4.74 Å². The minimum Gasteiger partial charge on any atom is -0.462 e. The molecule has 1 aromatic heterocycles. The zero-order valence-electron chi connectivity index (χ0n) is 11.0. The van der Waals surface area contributed by atoms with Gasteiger partial charge in [-0.15, -0.1) is 0 Å². The number of hydrogen-bond donors (Lipinski definition) is 0. The van der Waals surface area contributed by atoms with Crippen molar-refractivity contribution in [3.05, 3.63) is 45.1 Å². The van der Waals surface area contributed by atoms with Crippen LogP contribution in [0.4, 0.5) is 0 Å². The summed E-state index contributed by atoms with van der Waals surface area (Å²) in [6.45, 7) is 3.83. The van der Waals surface area contributed by atoms with Crippen molar-refractivity contribution in [1.82, 2.24) is 9.97 Å². The summed E-state index contributed by atoms with van der Waals surface area (Å²) in [6, 6.07) is 5.42. The summed E-state index contributed by atoms with van der Waals surface area (Å²) in [4.78, 5) is 20.2. The third kappa shape index (κ3) is 3.16. The average molecular weight is 356 g/mol. The molecule has 0 radical (unpaired) electrons. The second-order valence-corrected chi connectivity index (χ2v) is 5.30. The Balaban J connectivity index is 2.37. The first kappa shape index (κ1) is 14.9. The summed E-state index contributed by atoms with van der Waals surface area (Å²) in [5.41, 5.74) is 1.78. The Labute approximate surface area is 130 Å². The van der Waals surface area contributed by atoms with E-state index in [9.17, 15) is 4.79 Å². The molecule has 0 bridgehead atoms. The SMILES string of the molecule is CCOC(=O)c1cnc(-c2ccc(Cl)c(Br)c2)nc1C. The van der Waals surface area contributed by atoms with Crippen molar-refractivity contribution >= 4 is 33.5 Å². The molecule has 0 unspecified atom stereocenters. The monoisotopic (exact) mass is 354 g/mol. The number of aromatic nitrogens is 2. The molecule has 0 spiro atoms. The van der Waals surface area contributed by atoms with Crippen molar-refractivity contribution in [3.63, 3.8) is 0 Å². The van der Waals surface area contributed by atoms with Gasteiger partial charge in [-0.3, -0.25) is 0 Å². The van der Waals surface area contributed by atoms with E-state index in [1.54, 1.807) is 19.9 Å². The van der Waals surface area contributed by atoms with Crippen LogP contribution in [0.1, 0.15) is 23.0 Å². The summed E-state index contributed by atoms with van der Waals surface area (Å²) >= 11 is 9.31. The molecule has 0 atom stereocenters. The first-order valence-electron chi connectivity index (χ1n) is 5.99. The van der Waals surface area contributed by atoms with E-state index < -0.39 is 5.97 Å². The van der Waals surface area contributed by atoms with Gasteiger partial charge in [0.05, 0.1) is 22.9 Å². The Hall–Kier alpha value is -1.46. The van der Waals surface area contributed by atoms with Gasteiger partial charge in [0.15, 0.2) is 5.82 Å². The molecular formula is C14H12BrClN2O2. The van der Waals surface area contributed by atoms with Gasteiger partial charge in [-0.05, 0) is 48.0 Å². The first-order chi connectivity index (χ1) is 9.52. The van der Waals surface area contributed by atoms with Gasteiger partial charge in [-0.2, -0.15) is 0 Å². The van der Waals surface area contributed by atoms with Crippen LogP contribution in [0.5, 0.6) is 0 Å². The molecule has 2 aromatic rings. The van der Waals surface area contributed by atoms with Gasteiger partial charge < -0.3 is 4.74 Å². The molecular weight excluding hydrogens is 344 g/mol. The van der Waals surface area contributed by atoms with Gasteiger partial charge in [0.1, 0.15) is 0 Å². The van der Waals surface area contributed by atoms with Crippen LogP contribution in [0.3, 0.4) is 0 Å². The molecule has 0 fully saturated rings. The first-order valence-corrected chi connectivity index (χ1v) is 7.16. The van der Waals surface area contributed by atoms with Crippen LogP contribution in [0.2, 0.25) is 5.02 Å². The fourth-order valence-corrected chi connectivity index (χ4v) is 2.15. The molecule has 20 heavy (non-hydrogen) atoms. The molecule has 6 heteroatoms. The lowest BCUT2D eigenvalue weighted by atomic mass is 10.2. The number of halogens is 2. The van der Waals surface area contributed by atoms with Gasteiger partial charge in [0, 0.05) is 16.2 Å². The maximum atomic E-state index is 11.7. The topological polar surface area (TPSA) is 52.1 Å². The molecule has 0 saturated carbocycles. The Kier molecular flexibility index (Phi) is 4.73. The summed E-state index contributed by atoms with van der Waals surface area (Å²) in [5.74, 6) is 0.127. The Bertz CT molecular complexity index is 662. The molecule has 0 aliphatic carbocycles. The molecule has 0 saturated heterocycles. The summed E-state index contributed by atoms with van der Waals surface area (Å²) in [7, 11) is 0. The van der Waals surface area contributed by atoms with Crippen molar-refractivity contribution in [2.24, 2.45) is 0 Å². The molecule has 4 nitrogen and oxygen atoms in total.